The Kier molecular flexibility index (Phi) is 2.87. The fraction of sp³-hybridized carbons (Fsp3) is 0.222. The third-order valence-electron chi connectivity index (χ3n) is 1.71. The predicted octanol–water partition coefficient (Wildman–Crippen LogP) is 1.63. The predicted molar refractivity (Wildman–Crippen MR) is 45.8 cm³/mol. The molecule has 0 aliphatic heterocycles. The van der Waals surface area contributed by atoms with Crippen LogP contribution in [0.3, 0.4) is 0 Å². The molecule has 0 atom stereocenters. The second-order valence-electron chi connectivity index (χ2n) is 2.56. The molecule has 0 spiro atoms. The van der Waals surface area contributed by atoms with Gasteiger partial charge in [0.05, 0.1) is 12.7 Å². The zero-order valence-electron chi connectivity index (χ0n) is 7.40. The van der Waals surface area contributed by atoms with Gasteiger partial charge in [-0.1, -0.05) is 6.07 Å². The summed E-state index contributed by atoms with van der Waals surface area (Å²) in [6, 6.07) is 4.68. The fourth-order valence-corrected chi connectivity index (χ4v) is 0.943. The van der Waals surface area contributed by atoms with E-state index in [0.29, 0.717) is 5.56 Å². The lowest BCUT2D eigenvalue weighted by Gasteiger charge is -2.03. The van der Waals surface area contributed by atoms with Crippen LogP contribution in [0, 0.1) is 6.92 Å². The molecule has 4 heteroatoms. The van der Waals surface area contributed by atoms with Crippen molar-refractivity contribution in [1.82, 2.24) is 0 Å². The highest BCUT2D eigenvalue weighted by molar-refractivity contribution is 5.89. The van der Waals surface area contributed by atoms with Gasteiger partial charge in [0.2, 0.25) is 0 Å². The Morgan fingerprint density at radius 1 is 1.46 bits per heavy atom. The average molecular weight is 182 g/mol. The molecule has 0 radical (unpaired) electrons. The van der Waals surface area contributed by atoms with E-state index >= 15 is 0 Å². The normalized spacial score (nSPS) is 9.46. The van der Waals surface area contributed by atoms with Crippen LogP contribution in [0.25, 0.3) is 0 Å². The highest BCUT2D eigenvalue weighted by Crippen LogP contribution is 2.19. The van der Waals surface area contributed by atoms with E-state index in [1.165, 1.54) is 13.2 Å². The second kappa shape index (κ2) is 3.91. The number of rotatable bonds is 2. The lowest BCUT2D eigenvalue weighted by atomic mass is 10.1. The highest BCUT2D eigenvalue weighted by Gasteiger charge is 2.08. The number of carbonyl (C=O) groups is 1. The summed E-state index contributed by atoms with van der Waals surface area (Å²) in [5.74, 6) is -0.207. The van der Waals surface area contributed by atoms with Crippen LogP contribution in [0.15, 0.2) is 18.2 Å². The van der Waals surface area contributed by atoms with Crippen molar-refractivity contribution in [2.75, 3.05) is 7.11 Å². The van der Waals surface area contributed by atoms with E-state index < -0.39 is 5.97 Å². The molecule has 13 heavy (non-hydrogen) atoms. The van der Waals surface area contributed by atoms with Crippen molar-refractivity contribution >= 4 is 5.97 Å². The maximum atomic E-state index is 11.0. The van der Waals surface area contributed by atoms with Gasteiger partial charge in [0.15, 0.2) is 5.75 Å². The maximum absolute atomic E-state index is 11.0. The minimum atomic E-state index is -0.460. The molecule has 1 rings (SSSR count). The number of carbonyl (C=O) groups excluding carboxylic acids is 1. The number of esters is 1. The van der Waals surface area contributed by atoms with Crippen molar-refractivity contribution in [3.63, 3.8) is 0 Å². The third-order valence-corrected chi connectivity index (χ3v) is 1.71. The van der Waals surface area contributed by atoms with Crippen molar-refractivity contribution in [2.24, 2.45) is 0 Å². The molecule has 1 N–H and O–H groups in total. The minimum Gasteiger partial charge on any atom is -0.465 e. The molecule has 0 amide bonds. The van der Waals surface area contributed by atoms with E-state index in [1.54, 1.807) is 19.1 Å². The minimum absolute atomic E-state index is 0.253. The van der Waals surface area contributed by atoms with Gasteiger partial charge in [0.25, 0.3) is 0 Å². The SMILES string of the molecule is COC(=O)c1ccc(C)c(OO)c1. The van der Waals surface area contributed by atoms with Gasteiger partial charge >= 0.3 is 5.97 Å². The van der Waals surface area contributed by atoms with Crippen LogP contribution in [-0.2, 0) is 4.74 Å². The third kappa shape index (κ3) is 1.97. The van der Waals surface area contributed by atoms with Crippen LogP contribution in [0.5, 0.6) is 5.75 Å². The monoisotopic (exact) mass is 182 g/mol. The van der Waals surface area contributed by atoms with E-state index in [0.717, 1.165) is 5.56 Å². The molecular weight excluding hydrogens is 172 g/mol. The van der Waals surface area contributed by atoms with Crippen molar-refractivity contribution in [3.05, 3.63) is 29.3 Å². The summed E-state index contributed by atoms with van der Waals surface area (Å²) in [6.07, 6.45) is 0. The molecule has 0 aliphatic rings. The smallest absolute Gasteiger partial charge is 0.337 e. The number of hydrogen-bond acceptors (Lipinski definition) is 4. The first-order valence-corrected chi connectivity index (χ1v) is 3.69. The van der Waals surface area contributed by atoms with Gasteiger partial charge in [0, 0.05) is 0 Å². The van der Waals surface area contributed by atoms with Crippen molar-refractivity contribution in [3.8, 4) is 5.75 Å². The Morgan fingerprint density at radius 2 is 2.15 bits per heavy atom. The summed E-state index contributed by atoms with van der Waals surface area (Å²) < 4.78 is 4.50. The summed E-state index contributed by atoms with van der Waals surface area (Å²) >= 11 is 0. The Hall–Kier alpha value is -1.55. The Morgan fingerprint density at radius 3 is 2.69 bits per heavy atom. The first-order valence-electron chi connectivity index (χ1n) is 3.69. The molecule has 0 fully saturated rings. The van der Waals surface area contributed by atoms with E-state index in [-0.39, 0.29) is 5.75 Å². The van der Waals surface area contributed by atoms with Gasteiger partial charge in [-0.25, -0.2) is 10.1 Å². The number of methoxy groups -OCH3 is 1. The van der Waals surface area contributed by atoms with Gasteiger partial charge in [0.1, 0.15) is 0 Å². The Balaban J connectivity index is 3.06. The lowest BCUT2D eigenvalue weighted by Crippen LogP contribution is -2.01. The van der Waals surface area contributed by atoms with Gasteiger partial charge in [-0.3, -0.25) is 0 Å². The zero-order valence-corrected chi connectivity index (χ0v) is 7.40. The van der Waals surface area contributed by atoms with Crippen LogP contribution in [0.4, 0.5) is 0 Å². The van der Waals surface area contributed by atoms with Crippen molar-refractivity contribution in [1.29, 1.82) is 0 Å². The van der Waals surface area contributed by atoms with Crippen LogP contribution in [0.1, 0.15) is 15.9 Å². The molecule has 0 saturated heterocycles. The summed E-state index contributed by atoms with van der Waals surface area (Å²) in [7, 11) is 1.29. The highest BCUT2D eigenvalue weighted by atomic mass is 17.1. The molecule has 4 nitrogen and oxygen atoms in total. The molecular formula is C9H10O4. The molecule has 0 aromatic heterocycles. The molecule has 0 saturated carbocycles. The van der Waals surface area contributed by atoms with E-state index in [9.17, 15) is 4.79 Å². The fourth-order valence-electron chi connectivity index (χ4n) is 0.943. The first-order chi connectivity index (χ1) is 6.19. The molecule has 1 aromatic rings. The number of benzene rings is 1. The summed E-state index contributed by atoms with van der Waals surface area (Å²) in [5, 5.41) is 8.45. The zero-order chi connectivity index (χ0) is 9.84. The summed E-state index contributed by atoms with van der Waals surface area (Å²) in [5.41, 5.74) is 1.09. The standard InChI is InChI=1S/C9H10O4/c1-6-3-4-7(9(10)12-2)5-8(6)13-11/h3-5,11H,1-2H3. The van der Waals surface area contributed by atoms with Crippen LogP contribution < -0.4 is 4.89 Å². The van der Waals surface area contributed by atoms with Crippen LogP contribution in [-0.4, -0.2) is 18.3 Å². The summed E-state index contributed by atoms with van der Waals surface area (Å²) in [4.78, 5) is 15.1. The van der Waals surface area contributed by atoms with Gasteiger partial charge < -0.3 is 9.62 Å². The Bertz CT molecular complexity index is 319. The number of hydrogen-bond donors (Lipinski definition) is 1. The molecule has 1 aromatic carbocycles. The van der Waals surface area contributed by atoms with Crippen LogP contribution in [0.2, 0.25) is 0 Å². The van der Waals surface area contributed by atoms with Crippen LogP contribution >= 0.6 is 0 Å². The van der Waals surface area contributed by atoms with E-state index in [2.05, 4.69) is 9.62 Å². The van der Waals surface area contributed by atoms with E-state index in [4.69, 9.17) is 5.26 Å². The van der Waals surface area contributed by atoms with Crippen molar-refractivity contribution < 1.29 is 19.7 Å². The number of aryl methyl sites for hydroxylation is 1. The van der Waals surface area contributed by atoms with Gasteiger partial charge in [-0.2, -0.15) is 0 Å². The Labute approximate surface area is 75.6 Å². The van der Waals surface area contributed by atoms with Gasteiger partial charge in [-0.15, -0.1) is 0 Å². The largest absolute Gasteiger partial charge is 0.465 e. The molecule has 0 heterocycles. The second-order valence-corrected chi connectivity index (χ2v) is 2.56. The summed E-state index contributed by atoms with van der Waals surface area (Å²) in [6.45, 7) is 1.76. The van der Waals surface area contributed by atoms with Gasteiger partial charge in [-0.05, 0) is 24.6 Å². The maximum Gasteiger partial charge on any atom is 0.337 e. The first kappa shape index (κ1) is 9.54. The lowest BCUT2D eigenvalue weighted by molar-refractivity contribution is -0.138. The van der Waals surface area contributed by atoms with E-state index in [1.807, 2.05) is 0 Å². The molecule has 70 valence electrons. The van der Waals surface area contributed by atoms with Crippen molar-refractivity contribution in [2.45, 2.75) is 6.92 Å². The molecule has 0 aliphatic carbocycles. The number of ether oxygens (including phenoxy) is 1. The molecule has 0 bridgehead atoms. The topological polar surface area (TPSA) is 55.8 Å². The average Bonchev–Trinajstić information content (AvgIpc) is 2.17. The quantitative estimate of drug-likeness (QED) is 0.429. The molecule has 0 unspecified atom stereocenters.